The molecular weight excluding hydrogens is 408 g/mol. The van der Waals surface area contributed by atoms with Gasteiger partial charge in [0.15, 0.2) is 5.82 Å². The smallest absolute Gasteiger partial charge is 0.240 e. The quantitative estimate of drug-likeness (QED) is 0.601. The molecule has 3 aromatic rings. The molecule has 2 aromatic carbocycles. The van der Waals surface area contributed by atoms with Gasteiger partial charge in [0.05, 0.1) is 17.9 Å². The van der Waals surface area contributed by atoms with Crippen LogP contribution >= 0.6 is 23.4 Å². The van der Waals surface area contributed by atoms with Crippen molar-refractivity contribution in [2.24, 2.45) is 0 Å². The number of para-hydroxylation sites is 1. The summed E-state index contributed by atoms with van der Waals surface area (Å²) in [6.45, 7) is 2.62. The molecule has 1 aromatic heterocycles. The lowest BCUT2D eigenvalue weighted by atomic mass is 10.0. The summed E-state index contributed by atoms with van der Waals surface area (Å²) in [5.41, 5.74) is 2.95. The number of carbonyl (C=O) groups is 1. The number of amides is 1. The summed E-state index contributed by atoms with van der Waals surface area (Å²) < 4.78 is 5.38. The number of aromatic amines is 1. The first-order valence-electron chi connectivity index (χ1n) is 9.39. The number of fused-ring (bicyclic) bond motifs is 1. The van der Waals surface area contributed by atoms with Crippen molar-refractivity contribution in [1.29, 1.82) is 0 Å². The number of anilines is 1. The summed E-state index contributed by atoms with van der Waals surface area (Å²) in [5.74, 6) is 1.26. The summed E-state index contributed by atoms with van der Waals surface area (Å²) in [7, 11) is 1.59. The van der Waals surface area contributed by atoms with Crippen LogP contribution in [0.5, 0.6) is 5.75 Å². The van der Waals surface area contributed by atoms with Gasteiger partial charge < -0.3 is 9.64 Å². The van der Waals surface area contributed by atoms with E-state index < -0.39 is 0 Å². The van der Waals surface area contributed by atoms with E-state index in [1.54, 1.807) is 25.3 Å². The maximum absolute atomic E-state index is 13.1. The molecule has 1 N–H and O–H groups in total. The van der Waals surface area contributed by atoms with Crippen LogP contribution in [0.3, 0.4) is 0 Å². The molecule has 0 bridgehead atoms. The van der Waals surface area contributed by atoms with Gasteiger partial charge in [-0.3, -0.25) is 9.89 Å². The van der Waals surface area contributed by atoms with Gasteiger partial charge >= 0.3 is 0 Å². The molecule has 1 amide bonds. The molecule has 8 heteroatoms. The van der Waals surface area contributed by atoms with Crippen LogP contribution in [0.15, 0.2) is 47.6 Å². The van der Waals surface area contributed by atoms with Gasteiger partial charge in [-0.2, -0.15) is 0 Å². The highest BCUT2D eigenvalue weighted by Gasteiger charge is 2.27. The molecule has 0 saturated carbocycles. The first kappa shape index (κ1) is 19.8. The van der Waals surface area contributed by atoms with Crippen molar-refractivity contribution in [2.75, 3.05) is 18.6 Å². The maximum Gasteiger partial charge on any atom is 0.240 e. The molecule has 150 valence electrons. The van der Waals surface area contributed by atoms with Gasteiger partial charge in [0.25, 0.3) is 0 Å². The number of benzene rings is 2. The summed E-state index contributed by atoms with van der Waals surface area (Å²) in [4.78, 5) is 19.5. The fourth-order valence-corrected chi connectivity index (χ4v) is 4.43. The van der Waals surface area contributed by atoms with Crippen molar-refractivity contribution < 1.29 is 9.53 Å². The number of nitrogens with one attached hydrogen (secondary N) is 1. The van der Waals surface area contributed by atoms with E-state index in [-0.39, 0.29) is 11.2 Å². The van der Waals surface area contributed by atoms with Gasteiger partial charge in [0.2, 0.25) is 11.1 Å². The Labute approximate surface area is 178 Å². The number of nitrogens with zero attached hydrogens (tertiary/aromatic N) is 3. The summed E-state index contributed by atoms with van der Waals surface area (Å²) in [6.07, 6.45) is 1.98. The van der Waals surface area contributed by atoms with Crippen molar-refractivity contribution in [3.63, 3.8) is 0 Å². The van der Waals surface area contributed by atoms with Crippen LogP contribution in [-0.2, 0) is 11.2 Å². The van der Waals surface area contributed by atoms with Gasteiger partial charge in [-0.15, -0.1) is 5.10 Å². The highest BCUT2D eigenvalue weighted by Crippen LogP contribution is 2.33. The summed E-state index contributed by atoms with van der Waals surface area (Å²) >= 11 is 7.45. The standard InChI is InChI=1S/C21H21ClN4O2S/c1-13(20(27)26-11-5-7-14-6-3-4-8-17(14)26)29-21-23-19(24-25-21)16-12-15(22)9-10-18(16)28-2/h3-4,6,8-10,12-13H,5,7,11H2,1-2H3,(H,23,24,25). The molecule has 0 fully saturated rings. The number of halogens is 1. The van der Waals surface area contributed by atoms with Crippen LogP contribution in [0.1, 0.15) is 18.9 Å². The molecule has 0 aliphatic carbocycles. The second kappa shape index (κ2) is 8.47. The maximum atomic E-state index is 13.1. The summed E-state index contributed by atoms with van der Waals surface area (Å²) in [5, 5.41) is 7.96. The van der Waals surface area contributed by atoms with Crippen molar-refractivity contribution in [3.8, 4) is 17.1 Å². The fraction of sp³-hybridized carbons (Fsp3) is 0.286. The molecule has 6 nitrogen and oxygen atoms in total. The predicted octanol–water partition coefficient (Wildman–Crippen LogP) is 4.59. The van der Waals surface area contributed by atoms with Gasteiger partial charge in [-0.25, -0.2) is 4.98 Å². The van der Waals surface area contributed by atoms with Crippen LogP contribution in [0, 0.1) is 0 Å². The fourth-order valence-electron chi connectivity index (χ4n) is 3.48. The number of rotatable bonds is 5. The largest absolute Gasteiger partial charge is 0.496 e. The molecule has 1 unspecified atom stereocenters. The second-order valence-corrected chi connectivity index (χ2v) is 8.54. The lowest BCUT2D eigenvalue weighted by molar-refractivity contribution is -0.117. The molecule has 29 heavy (non-hydrogen) atoms. The normalized spacial score (nSPS) is 14.4. The average Bonchev–Trinajstić information content (AvgIpc) is 3.21. The molecule has 0 radical (unpaired) electrons. The molecule has 1 aliphatic heterocycles. The summed E-state index contributed by atoms with van der Waals surface area (Å²) in [6, 6.07) is 13.4. The highest BCUT2D eigenvalue weighted by atomic mass is 35.5. The molecule has 1 atom stereocenters. The van der Waals surface area contributed by atoms with Crippen molar-refractivity contribution in [2.45, 2.75) is 30.2 Å². The third-order valence-electron chi connectivity index (χ3n) is 4.89. The number of carbonyl (C=O) groups excluding carboxylic acids is 1. The van der Waals surface area contributed by atoms with Crippen LogP contribution in [0.4, 0.5) is 5.69 Å². The minimum atomic E-state index is -0.314. The van der Waals surface area contributed by atoms with Gasteiger partial charge in [0.1, 0.15) is 5.75 Å². The number of aromatic nitrogens is 3. The van der Waals surface area contributed by atoms with Gasteiger partial charge in [-0.05, 0) is 49.6 Å². The third kappa shape index (κ3) is 4.11. The van der Waals surface area contributed by atoms with Gasteiger partial charge in [0, 0.05) is 17.3 Å². The number of methoxy groups -OCH3 is 1. The first-order chi connectivity index (χ1) is 14.1. The lowest BCUT2D eigenvalue weighted by Crippen LogP contribution is -2.40. The second-order valence-electron chi connectivity index (χ2n) is 6.79. The SMILES string of the molecule is COc1ccc(Cl)cc1-c1nc(SC(C)C(=O)N2CCCc3ccccc32)n[nH]1. The zero-order valence-electron chi connectivity index (χ0n) is 16.2. The van der Waals surface area contributed by atoms with E-state index in [4.69, 9.17) is 16.3 Å². The zero-order chi connectivity index (χ0) is 20.4. The highest BCUT2D eigenvalue weighted by molar-refractivity contribution is 8.00. The van der Waals surface area contributed by atoms with E-state index in [2.05, 4.69) is 21.2 Å². The molecule has 0 saturated heterocycles. The molecular formula is C21H21ClN4O2S. The number of aryl methyl sites for hydroxylation is 1. The Balaban J connectivity index is 1.51. The molecule has 1 aliphatic rings. The Morgan fingerprint density at radius 3 is 2.97 bits per heavy atom. The third-order valence-corrected chi connectivity index (χ3v) is 6.07. The molecule has 0 spiro atoms. The Hall–Kier alpha value is -2.51. The van der Waals surface area contributed by atoms with Crippen molar-refractivity contribution in [3.05, 3.63) is 53.1 Å². The zero-order valence-corrected chi connectivity index (χ0v) is 17.8. The Morgan fingerprint density at radius 2 is 2.14 bits per heavy atom. The van der Waals surface area contributed by atoms with E-state index in [9.17, 15) is 4.79 Å². The van der Waals surface area contributed by atoms with Crippen molar-refractivity contribution >= 4 is 35.0 Å². The van der Waals surface area contributed by atoms with E-state index in [1.807, 2.05) is 30.0 Å². The number of ether oxygens (including phenoxy) is 1. The van der Waals surface area contributed by atoms with Crippen LogP contribution in [-0.4, -0.2) is 40.0 Å². The number of hydrogen-bond acceptors (Lipinski definition) is 5. The van der Waals surface area contributed by atoms with E-state index in [0.717, 1.165) is 30.6 Å². The van der Waals surface area contributed by atoms with Crippen molar-refractivity contribution in [1.82, 2.24) is 15.2 Å². The number of thioether (sulfide) groups is 1. The lowest BCUT2D eigenvalue weighted by Gasteiger charge is -2.31. The Bertz CT molecular complexity index is 1040. The Kier molecular flexibility index (Phi) is 5.78. The van der Waals surface area contributed by atoms with E-state index in [0.29, 0.717) is 21.8 Å². The molecule has 2 heterocycles. The van der Waals surface area contributed by atoms with E-state index in [1.165, 1.54) is 17.3 Å². The first-order valence-corrected chi connectivity index (χ1v) is 10.6. The number of H-pyrrole nitrogens is 1. The number of hydrogen-bond donors (Lipinski definition) is 1. The minimum absolute atomic E-state index is 0.0637. The average molecular weight is 429 g/mol. The topological polar surface area (TPSA) is 71.1 Å². The van der Waals surface area contributed by atoms with Crippen LogP contribution in [0.25, 0.3) is 11.4 Å². The monoisotopic (exact) mass is 428 g/mol. The minimum Gasteiger partial charge on any atom is -0.496 e. The predicted molar refractivity (Wildman–Crippen MR) is 116 cm³/mol. The van der Waals surface area contributed by atoms with Gasteiger partial charge in [-0.1, -0.05) is 41.6 Å². The van der Waals surface area contributed by atoms with Crippen LogP contribution < -0.4 is 9.64 Å². The Morgan fingerprint density at radius 1 is 1.31 bits per heavy atom. The molecule has 4 rings (SSSR count). The van der Waals surface area contributed by atoms with Crippen LogP contribution in [0.2, 0.25) is 5.02 Å². The van der Waals surface area contributed by atoms with E-state index >= 15 is 0 Å².